The van der Waals surface area contributed by atoms with E-state index in [1.807, 2.05) is 20.8 Å². The monoisotopic (exact) mass is 535 g/mol. The number of carbonyl (C=O) groups excluding carboxylic acids is 3. The topological polar surface area (TPSA) is 104 Å². The van der Waals surface area contributed by atoms with Gasteiger partial charge in [0.05, 0.1) is 11.9 Å². The largest absolute Gasteiger partial charge is 0.350 e. The highest BCUT2D eigenvalue weighted by atomic mass is 35.5. The summed E-state index contributed by atoms with van der Waals surface area (Å²) in [7, 11) is -3.89. The molecule has 0 spiro atoms. The number of anilines is 1. The minimum atomic E-state index is -3.89. The number of Topliss-reactive ketones (excluding diaryl/α,β-unsaturated/α-hetero) is 1. The Hall–Kier alpha value is -2.91. The quantitative estimate of drug-likeness (QED) is 0.462. The van der Waals surface area contributed by atoms with Gasteiger partial charge in [-0.15, -0.1) is 0 Å². The van der Waals surface area contributed by atoms with Gasteiger partial charge in [-0.3, -0.25) is 18.7 Å². The molecule has 2 aromatic rings. The lowest BCUT2D eigenvalue weighted by Gasteiger charge is -2.34. The lowest BCUT2D eigenvalue weighted by Crippen LogP contribution is -2.55. The van der Waals surface area contributed by atoms with Gasteiger partial charge in [-0.25, -0.2) is 8.42 Å². The van der Waals surface area contributed by atoms with Gasteiger partial charge in [-0.1, -0.05) is 42.8 Å². The van der Waals surface area contributed by atoms with E-state index in [4.69, 9.17) is 11.6 Å². The van der Waals surface area contributed by atoms with Gasteiger partial charge in [0.1, 0.15) is 12.6 Å². The maximum Gasteiger partial charge on any atom is 0.244 e. The van der Waals surface area contributed by atoms with Crippen LogP contribution < -0.4 is 9.62 Å². The highest BCUT2D eigenvalue weighted by molar-refractivity contribution is 7.92. The summed E-state index contributed by atoms with van der Waals surface area (Å²) in [5, 5.41) is 3.44. The van der Waals surface area contributed by atoms with Crippen LogP contribution in [0.4, 0.5) is 5.69 Å². The fourth-order valence-corrected chi connectivity index (χ4v) is 4.62. The lowest BCUT2D eigenvalue weighted by molar-refractivity contribution is -0.141. The van der Waals surface area contributed by atoms with Gasteiger partial charge in [0.25, 0.3) is 0 Å². The zero-order chi connectivity index (χ0) is 27.3. The maximum atomic E-state index is 13.7. The molecule has 0 aliphatic rings. The van der Waals surface area contributed by atoms with E-state index >= 15 is 0 Å². The predicted octanol–water partition coefficient (Wildman–Crippen LogP) is 4.03. The number of amides is 2. The van der Waals surface area contributed by atoms with Gasteiger partial charge in [-0.05, 0) is 63.9 Å². The molecule has 0 bridgehead atoms. The van der Waals surface area contributed by atoms with Crippen molar-refractivity contribution in [3.05, 3.63) is 64.7 Å². The van der Waals surface area contributed by atoms with E-state index in [-0.39, 0.29) is 23.9 Å². The summed E-state index contributed by atoms with van der Waals surface area (Å²) in [5.41, 5.74) is 0.727. The van der Waals surface area contributed by atoms with Crippen LogP contribution in [0, 0.1) is 0 Å². The van der Waals surface area contributed by atoms with E-state index in [2.05, 4.69) is 5.32 Å². The van der Waals surface area contributed by atoms with Crippen molar-refractivity contribution in [1.82, 2.24) is 10.2 Å². The van der Waals surface area contributed by atoms with E-state index in [0.29, 0.717) is 17.0 Å². The first kappa shape index (κ1) is 29.3. The molecule has 0 saturated heterocycles. The van der Waals surface area contributed by atoms with Crippen molar-refractivity contribution in [2.45, 2.75) is 59.2 Å². The summed E-state index contributed by atoms with van der Waals surface area (Å²) >= 11 is 6.00. The van der Waals surface area contributed by atoms with Crippen molar-refractivity contribution in [3.63, 3.8) is 0 Å². The summed E-state index contributed by atoms with van der Waals surface area (Å²) in [6.07, 6.45) is 1.31. The number of hydrogen-bond donors (Lipinski definition) is 1. The van der Waals surface area contributed by atoms with Crippen molar-refractivity contribution in [2.24, 2.45) is 0 Å². The number of rotatable bonds is 10. The van der Waals surface area contributed by atoms with Crippen LogP contribution in [0.2, 0.25) is 5.02 Å². The molecule has 196 valence electrons. The Balaban J connectivity index is 2.49. The molecular weight excluding hydrogens is 502 g/mol. The molecule has 2 amide bonds. The molecule has 36 heavy (non-hydrogen) atoms. The summed E-state index contributed by atoms with van der Waals surface area (Å²) in [6, 6.07) is 12.1. The van der Waals surface area contributed by atoms with E-state index in [1.165, 1.54) is 24.0 Å². The van der Waals surface area contributed by atoms with E-state index < -0.39 is 34.1 Å². The average Bonchev–Trinajstić information content (AvgIpc) is 2.76. The standard InChI is InChI=1S/C26H34ClN3O5S/c1-7-23(25(33)28-26(3,4)5)29(16-19-11-13-21(27)14-12-19)24(32)17-30(36(6,34)35)22-10-8-9-20(15-22)18(2)31/h8-15,23H,7,16-17H2,1-6H3,(H,28,33)/t23-/m1/s1. The minimum Gasteiger partial charge on any atom is -0.350 e. The van der Waals surface area contributed by atoms with Crippen molar-refractivity contribution in [1.29, 1.82) is 0 Å². The summed E-state index contributed by atoms with van der Waals surface area (Å²) < 4.78 is 26.4. The van der Waals surface area contributed by atoms with Crippen molar-refractivity contribution >= 4 is 44.9 Å². The number of sulfonamides is 1. The second-order valence-electron chi connectivity index (χ2n) is 9.69. The molecule has 10 heteroatoms. The van der Waals surface area contributed by atoms with Crippen LogP contribution in [0.25, 0.3) is 0 Å². The fourth-order valence-electron chi connectivity index (χ4n) is 3.65. The molecule has 2 aromatic carbocycles. The molecule has 0 heterocycles. The van der Waals surface area contributed by atoms with Gasteiger partial charge in [0, 0.05) is 22.7 Å². The molecule has 0 radical (unpaired) electrons. The van der Waals surface area contributed by atoms with Crippen molar-refractivity contribution in [2.75, 3.05) is 17.1 Å². The molecule has 1 atom stereocenters. The van der Waals surface area contributed by atoms with Crippen LogP contribution >= 0.6 is 11.6 Å². The van der Waals surface area contributed by atoms with Gasteiger partial charge < -0.3 is 10.2 Å². The average molecular weight is 536 g/mol. The molecule has 0 saturated carbocycles. The Kier molecular flexibility index (Phi) is 9.68. The van der Waals surface area contributed by atoms with Gasteiger partial charge in [0.2, 0.25) is 21.8 Å². The Bertz CT molecular complexity index is 1210. The zero-order valence-electron chi connectivity index (χ0n) is 21.5. The first-order chi connectivity index (χ1) is 16.6. The fraction of sp³-hybridized carbons (Fsp3) is 0.423. The van der Waals surface area contributed by atoms with Crippen molar-refractivity contribution in [3.8, 4) is 0 Å². The summed E-state index contributed by atoms with van der Waals surface area (Å²) in [4.78, 5) is 40.1. The highest BCUT2D eigenvalue weighted by Crippen LogP contribution is 2.22. The highest BCUT2D eigenvalue weighted by Gasteiger charge is 2.33. The Morgan fingerprint density at radius 3 is 2.17 bits per heavy atom. The van der Waals surface area contributed by atoms with Crippen LogP contribution in [0.15, 0.2) is 48.5 Å². The lowest BCUT2D eigenvalue weighted by atomic mass is 10.1. The Labute approximate surface area is 218 Å². The molecule has 0 aliphatic heterocycles. The molecular formula is C26H34ClN3O5S. The van der Waals surface area contributed by atoms with E-state index in [9.17, 15) is 22.8 Å². The third-order valence-electron chi connectivity index (χ3n) is 5.37. The number of hydrogen-bond acceptors (Lipinski definition) is 5. The first-order valence-electron chi connectivity index (χ1n) is 11.6. The number of benzene rings is 2. The minimum absolute atomic E-state index is 0.0805. The van der Waals surface area contributed by atoms with Gasteiger partial charge >= 0.3 is 0 Å². The second kappa shape index (κ2) is 11.9. The SMILES string of the molecule is CC[C@H](C(=O)NC(C)(C)C)N(Cc1ccc(Cl)cc1)C(=O)CN(c1cccc(C(C)=O)c1)S(C)(=O)=O. The normalized spacial score (nSPS) is 12.5. The van der Waals surface area contributed by atoms with Crippen LogP contribution in [0.1, 0.15) is 57.0 Å². The summed E-state index contributed by atoms with van der Waals surface area (Å²) in [6.45, 7) is 8.25. The Morgan fingerprint density at radius 2 is 1.67 bits per heavy atom. The van der Waals surface area contributed by atoms with E-state index in [1.54, 1.807) is 43.3 Å². The predicted molar refractivity (Wildman–Crippen MR) is 143 cm³/mol. The first-order valence-corrected chi connectivity index (χ1v) is 13.8. The molecule has 0 aliphatic carbocycles. The third-order valence-corrected chi connectivity index (χ3v) is 6.76. The van der Waals surface area contributed by atoms with Crippen LogP contribution in [0.5, 0.6) is 0 Å². The molecule has 0 unspecified atom stereocenters. The smallest absolute Gasteiger partial charge is 0.244 e. The third kappa shape index (κ3) is 8.34. The summed E-state index contributed by atoms with van der Waals surface area (Å²) in [5.74, 6) is -1.12. The molecule has 8 nitrogen and oxygen atoms in total. The number of carbonyl (C=O) groups is 3. The molecule has 0 aromatic heterocycles. The van der Waals surface area contributed by atoms with E-state index in [0.717, 1.165) is 16.1 Å². The van der Waals surface area contributed by atoms with Crippen LogP contribution in [0.3, 0.4) is 0 Å². The Morgan fingerprint density at radius 1 is 1.06 bits per heavy atom. The van der Waals surface area contributed by atoms with Gasteiger partial charge in [-0.2, -0.15) is 0 Å². The second-order valence-corrected chi connectivity index (χ2v) is 12.0. The van der Waals surface area contributed by atoms with Crippen LogP contribution in [-0.2, 0) is 26.2 Å². The maximum absolute atomic E-state index is 13.7. The molecule has 0 fully saturated rings. The number of ketones is 1. The molecule has 2 rings (SSSR count). The van der Waals surface area contributed by atoms with Gasteiger partial charge in [0.15, 0.2) is 5.78 Å². The number of nitrogens with one attached hydrogen (secondary N) is 1. The molecule has 1 N–H and O–H groups in total. The van der Waals surface area contributed by atoms with Crippen LogP contribution in [-0.4, -0.2) is 55.3 Å². The van der Waals surface area contributed by atoms with Crippen molar-refractivity contribution < 1.29 is 22.8 Å². The number of halogens is 1. The zero-order valence-corrected chi connectivity index (χ0v) is 23.1. The number of nitrogens with zero attached hydrogens (tertiary/aromatic N) is 2.